The van der Waals surface area contributed by atoms with Crippen molar-refractivity contribution in [3.63, 3.8) is 0 Å². The van der Waals surface area contributed by atoms with Crippen LogP contribution in [0.15, 0.2) is 71.8 Å². The molecule has 2 aromatic rings. The zero-order valence-corrected chi connectivity index (χ0v) is 15.2. The quantitative estimate of drug-likeness (QED) is 0.830. The first kappa shape index (κ1) is 18.3. The summed E-state index contributed by atoms with van der Waals surface area (Å²) in [6.45, 7) is 3.92. The second-order valence-corrected chi connectivity index (χ2v) is 6.10. The molecule has 0 saturated heterocycles. The maximum Gasteiger partial charge on any atom is 0.338 e. The molecule has 0 fully saturated rings. The summed E-state index contributed by atoms with van der Waals surface area (Å²) in [5.41, 5.74) is 9.49. The molecule has 5 nitrogen and oxygen atoms in total. The third kappa shape index (κ3) is 3.56. The fraction of sp³-hybridized carbons (Fsp3) is 0.182. The number of nitriles is 1. The van der Waals surface area contributed by atoms with Gasteiger partial charge in [-0.05, 0) is 37.1 Å². The smallest absolute Gasteiger partial charge is 0.338 e. The highest BCUT2D eigenvalue weighted by molar-refractivity contribution is 5.89. The van der Waals surface area contributed by atoms with E-state index in [-0.39, 0.29) is 17.8 Å². The Bertz CT molecular complexity index is 951. The molecule has 27 heavy (non-hydrogen) atoms. The predicted molar refractivity (Wildman–Crippen MR) is 102 cm³/mol. The Balaban J connectivity index is 2.09. The molecule has 1 heterocycles. The summed E-state index contributed by atoms with van der Waals surface area (Å²) < 4.78 is 10.7. The second-order valence-electron chi connectivity index (χ2n) is 6.10. The summed E-state index contributed by atoms with van der Waals surface area (Å²) >= 11 is 0. The number of carbonyl (C=O) groups excluding carboxylic acids is 1. The summed E-state index contributed by atoms with van der Waals surface area (Å²) in [5, 5.41) is 9.69. The van der Waals surface area contributed by atoms with E-state index in [1.165, 1.54) is 0 Å². The summed E-state index contributed by atoms with van der Waals surface area (Å²) in [6.07, 6.45) is 0. The van der Waals surface area contributed by atoms with Gasteiger partial charge in [-0.2, -0.15) is 5.26 Å². The molecule has 0 bridgehead atoms. The van der Waals surface area contributed by atoms with E-state index in [1.807, 2.05) is 49.4 Å². The topological polar surface area (TPSA) is 85.3 Å². The minimum absolute atomic E-state index is 0.106. The van der Waals surface area contributed by atoms with Crippen LogP contribution in [0.5, 0.6) is 0 Å². The van der Waals surface area contributed by atoms with Crippen LogP contribution >= 0.6 is 0 Å². The van der Waals surface area contributed by atoms with Gasteiger partial charge in [-0.25, -0.2) is 4.79 Å². The van der Waals surface area contributed by atoms with Gasteiger partial charge in [0, 0.05) is 5.57 Å². The Morgan fingerprint density at radius 1 is 1.19 bits per heavy atom. The number of hydrogen-bond donors (Lipinski definition) is 1. The van der Waals surface area contributed by atoms with E-state index >= 15 is 0 Å². The highest BCUT2D eigenvalue weighted by Crippen LogP contribution is 2.44. The lowest BCUT2D eigenvalue weighted by Gasteiger charge is -2.28. The van der Waals surface area contributed by atoms with Gasteiger partial charge in [0.1, 0.15) is 17.4 Å². The van der Waals surface area contributed by atoms with Crippen LogP contribution in [0.2, 0.25) is 0 Å². The Labute approximate surface area is 158 Å². The van der Waals surface area contributed by atoms with Crippen LogP contribution < -0.4 is 5.73 Å². The normalized spacial score (nSPS) is 16.6. The van der Waals surface area contributed by atoms with Gasteiger partial charge < -0.3 is 15.2 Å². The van der Waals surface area contributed by atoms with E-state index in [0.717, 1.165) is 16.7 Å². The van der Waals surface area contributed by atoms with E-state index < -0.39 is 0 Å². The van der Waals surface area contributed by atoms with Crippen molar-refractivity contribution in [3.05, 3.63) is 88.5 Å². The number of carbonyl (C=O) groups is 1. The SMILES string of the molecule is CCOC(=O)c1ccc(C2C(C#N)=C(N)OC(C)=C2c2ccccc2)cc1. The Hall–Kier alpha value is -3.52. The van der Waals surface area contributed by atoms with Crippen LogP contribution in [-0.2, 0) is 9.47 Å². The minimum Gasteiger partial charge on any atom is -0.462 e. The van der Waals surface area contributed by atoms with Gasteiger partial charge in [-0.15, -0.1) is 0 Å². The fourth-order valence-electron chi connectivity index (χ4n) is 3.23. The number of nitrogens with zero attached hydrogens (tertiary/aromatic N) is 1. The Morgan fingerprint density at radius 3 is 2.44 bits per heavy atom. The molecular formula is C22H20N2O3. The van der Waals surface area contributed by atoms with Crippen LogP contribution in [-0.4, -0.2) is 12.6 Å². The van der Waals surface area contributed by atoms with Gasteiger partial charge in [0.05, 0.1) is 18.1 Å². The molecule has 1 aliphatic heterocycles. The number of nitrogens with two attached hydrogens (primary N) is 1. The zero-order chi connectivity index (χ0) is 19.4. The molecule has 0 spiro atoms. The van der Waals surface area contributed by atoms with Gasteiger partial charge >= 0.3 is 5.97 Å². The molecule has 5 heteroatoms. The van der Waals surface area contributed by atoms with Crippen molar-refractivity contribution in [3.8, 4) is 6.07 Å². The number of ether oxygens (including phenoxy) is 2. The number of allylic oxidation sites excluding steroid dienone is 3. The van der Waals surface area contributed by atoms with Crippen molar-refractivity contribution in [2.24, 2.45) is 5.73 Å². The molecule has 1 atom stereocenters. The lowest BCUT2D eigenvalue weighted by molar-refractivity contribution is 0.0526. The fourth-order valence-corrected chi connectivity index (χ4v) is 3.23. The first-order valence-electron chi connectivity index (χ1n) is 8.67. The third-order valence-electron chi connectivity index (χ3n) is 4.45. The molecule has 1 aliphatic rings. The Kier molecular flexibility index (Phi) is 5.28. The number of esters is 1. The van der Waals surface area contributed by atoms with Crippen molar-refractivity contribution in [1.29, 1.82) is 5.26 Å². The van der Waals surface area contributed by atoms with Crippen molar-refractivity contribution in [1.82, 2.24) is 0 Å². The summed E-state index contributed by atoms with van der Waals surface area (Å²) in [4.78, 5) is 11.9. The Morgan fingerprint density at radius 2 is 1.85 bits per heavy atom. The molecule has 0 aliphatic carbocycles. The van der Waals surface area contributed by atoms with Gasteiger partial charge in [0.15, 0.2) is 0 Å². The standard InChI is InChI=1S/C22H20N2O3/c1-3-26-22(25)17-11-9-16(10-12-17)20-18(13-23)21(24)27-14(2)19(20)15-7-5-4-6-8-15/h4-12,20H,3,24H2,1-2H3. The van der Waals surface area contributed by atoms with E-state index in [2.05, 4.69) is 6.07 Å². The first-order chi connectivity index (χ1) is 13.1. The van der Waals surface area contributed by atoms with Crippen LogP contribution in [0.1, 0.15) is 41.3 Å². The molecule has 1 unspecified atom stereocenters. The van der Waals surface area contributed by atoms with Crippen LogP contribution in [0.3, 0.4) is 0 Å². The average Bonchev–Trinajstić information content (AvgIpc) is 2.68. The molecule has 0 saturated carbocycles. The summed E-state index contributed by atoms with van der Waals surface area (Å²) in [7, 11) is 0. The molecule has 0 amide bonds. The van der Waals surface area contributed by atoms with E-state index in [0.29, 0.717) is 23.5 Å². The molecule has 136 valence electrons. The first-order valence-corrected chi connectivity index (χ1v) is 8.67. The largest absolute Gasteiger partial charge is 0.462 e. The van der Waals surface area contributed by atoms with Crippen molar-refractivity contribution in [2.45, 2.75) is 19.8 Å². The molecule has 0 radical (unpaired) electrons. The van der Waals surface area contributed by atoms with Crippen LogP contribution in [0, 0.1) is 11.3 Å². The lowest BCUT2D eigenvalue weighted by atomic mass is 9.80. The highest BCUT2D eigenvalue weighted by Gasteiger charge is 2.32. The second kappa shape index (κ2) is 7.79. The minimum atomic E-state index is -0.374. The predicted octanol–water partition coefficient (Wildman–Crippen LogP) is 4.10. The van der Waals surface area contributed by atoms with Crippen LogP contribution in [0.25, 0.3) is 5.57 Å². The molecule has 2 N–H and O–H groups in total. The third-order valence-corrected chi connectivity index (χ3v) is 4.45. The van der Waals surface area contributed by atoms with Gasteiger partial charge in [-0.1, -0.05) is 42.5 Å². The lowest BCUT2D eigenvalue weighted by Crippen LogP contribution is -2.19. The molecule has 2 aromatic carbocycles. The van der Waals surface area contributed by atoms with E-state index in [9.17, 15) is 10.1 Å². The van der Waals surface area contributed by atoms with Crippen molar-refractivity contribution >= 4 is 11.5 Å². The van der Waals surface area contributed by atoms with Crippen molar-refractivity contribution < 1.29 is 14.3 Å². The molecule has 0 aromatic heterocycles. The maximum atomic E-state index is 11.9. The molecule has 3 rings (SSSR count). The van der Waals surface area contributed by atoms with E-state index in [4.69, 9.17) is 15.2 Å². The zero-order valence-electron chi connectivity index (χ0n) is 15.2. The molecular weight excluding hydrogens is 340 g/mol. The van der Waals surface area contributed by atoms with Crippen molar-refractivity contribution in [2.75, 3.05) is 6.61 Å². The highest BCUT2D eigenvalue weighted by atomic mass is 16.5. The van der Waals surface area contributed by atoms with Crippen LogP contribution in [0.4, 0.5) is 0 Å². The van der Waals surface area contributed by atoms with Gasteiger partial charge in [0.25, 0.3) is 0 Å². The summed E-state index contributed by atoms with van der Waals surface area (Å²) in [6, 6.07) is 19.0. The monoisotopic (exact) mass is 360 g/mol. The maximum absolute atomic E-state index is 11.9. The number of benzene rings is 2. The summed E-state index contributed by atoms with van der Waals surface area (Å²) in [5.74, 6) is 0.00955. The number of hydrogen-bond acceptors (Lipinski definition) is 5. The van der Waals surface area contributed by atoms with Gasteiger partial charge in [-0.3, -0.25) is 0 Å². The average molecular weight is 360 g/mol. The van der Waals surface area contributed by atoms with E-state index in [1.54, 1.807) is 19.1 Å². The van der Waals surface area contributed by atoms with Gasteiger partial charge in [0.2, 0.25) is 5.88 Å². The number of rotatable bonds is 4.